The summed E-state index contributed by atoms with van der Waals surface area (Å²) in [6, 6.07) is 10.6. The lowest BCUT2D eigenvalue weighted by Gasteiger charge is -2.18. The van der Waals surface area contributed by atoms with Gasteiger partial charge in [0, 0.05) is 16.7 Å². The molecule has 19 heavy (non-hydrogen) atoms. The van der Waals surface area contributed by atoms with Crippen molar-refractivity contribution in [2.45, 2.75) is 32.7 Å². The lowest BCUT2D eigenvalue weighted by Crippen LogP contribution is -2.23. The van der Waals surface area contributed by atoms with Gasteiger partial charge in [-0.15, -0.1) is 0 Å². The zero-order valence-electron chi connectivity index (χ0n) is 11.4. The van der Waals surface area contributed by atoms with E-state index in [9.17, 15) is 0 Å². The molecule has 1 aromatic carbocycles. The highest BCUT2D eigenvalue weighted by atomic mass is 79.9. The van der Waals surface area contributed by atoms with Crippen LogP contribution in [0.15, 0.2) is 34.8 Å². The van der Waals surface area contributed by atoms with Crippen LogP contribution in [0.5, 0.6) is 0 Å². The molecule has 0 aliphatic rings. The number of halogens is 1. The highest BCUT2D eigenvalue weighted by molar-refractivity contribution is 9.10. The van der Waals surface area contributed by atoms with E-state index in [1.54, 1.807) is 0 Å². The van der Waals surface area contributed by atoms with Crippen LogP contribution in [0.1, 0.15) is 36.8 Å². The molecule has 0 aliphatic heterocycles. The van der Waals surface area contributed by atoms with Crippen molar-refractivity contribution < 1.29 is 0 Å². The van der Waals surface area contributed by atoms with Gasteiger partial charge in [0.1, 0.15) is 0 Å². The summed E-state index contributed by atoms with van der Waals surface area (Å²) in [7, 11) is 0. The largest absolute Gasteiger partial charge is 0.328 e. The van der Waals surface area contributed by atoms with Crippen molar-refractivity contribution in [3.05, 3.63) is 51.8 Å². The first kappa shape index (κ1) is 14.3. The summed E-state index contributed by atoms with van der Waals surface area (Å²) < 4.78 is 3.17. The van der Waals surface area contributed by atoms with Crippen LogP contribution < -0.4 is 5.73 Å². The second-order valence-corrected chi connectivity index (χ2v) is 5.50. The normalized spacial score (nSPS) is 12.6. The molecule has 0 radical (unpaired) electrons. The van der Waals surface area contributed by atoms with E-state index in [1.807, 2.05) is 12.1 Å². The van der Waals surface area contributed by atoms with Crippen molar-refractivity contribution >= 4 is 15.9 Å². The van der Waals surface area contributed by atoms with Crippen molar-refractivity contribution in [1.29, 1.82) is 0 Å². The Balaban J connectivity index is 2.41. The third kappa shape index (κ3) is 3.07. The quantitative estimate of drug-likeness (QED) is 0.918. The van der Waals surface area contributed by atoms with Crippen molar-refractivity contribution in [3.63, 3.8) is 0 Å². The number of nitrogens with two attached hydrogens (primary N) is 1. The summed E-state index contributed by atoms with van der Waals surface area (Å²) in [5, 5.41) is 4.69. The van der Waals surface area contributed by atoms with E-state index in [-0.39, 0.29) is 6.04 Å². The summed E-state index contributed by atoms with van der Waals surface area (Å²) >= 11 is 3.46. The maximum atomic E-state index is 5.98. The Labute approximate surface area is 122 Å². The summed E-state index contributed by atoms with van der Waals surface area (Å²) in [6.45, 7) is 4.84. The molecule has 0 amide bonds. The molecule has 1 heterocycles. The molecule has 0 aliphatic carbocycles. The fraction of sp³-hybridized carbons (Fsp3) is 0.400. The van der Waals surface area contributed by atoms with E-state index >= 15 is 0 Å². The van der Waals surface area contributed by atoms with Gasteiger partial charge in [0.25, 0.3) is 0 Å². The van der Waals surface area contributed by atoms with Crippen LogP contribution in [0, 0.1) is 0 Å². The number of hydrogen-bond donors (Lipinski definition) is 1. The average Bonchev–Trinajstić information content (AvgIpc) is 2.85. The van der Waals surface area contributed by atoms with Gasteiger partial charge in [0.15, 0.2) is 0 Å². The van der Waals surface area contributed by atoms with Crippen molar-refractivity contribution in [3.8, 4) is 0 Å². The third-order valence-corrected chi connectivity index (χ3v) is 3.89. The highest BCUT2D eigenvalue weighted by Gasteiger charge is 2.16. The molecule has 1 aromatic heterocycles. The van der Waals surface area contributed by atoms with Crippen LogP contribution in [0.25, 0.3) is 0 Å². The molecule has 0 saturated heterocycles. The molecule has 0 saturated carbocycles. The molecule has 2 aromatic rings. The van der Waals surface area contributed by atoms with Gasteiger partial charge in [-0.25, -0.2) is 0 Å². The van der Waals surface area contributed by atoms with Crippen LogP contribution in [0.3, 0.4) is 0 Å². The summed E-state index contributed by atoms with van der Waals surface area (Å²) in [5.41, 5.74) is 9.55. The Morgan fingerprint density at radius 2 is 1.89 bits per heavy atom. The van der Waals surface area contributed by atoms with Crippen LogP contribution in [-0.2, 0) is 12.8 Å². The predicted octanol–water partition coefficient (Wildman–Crippen LogP) is 3.32. The number of rotatable bonds is 5. The van der Waals surface area contributed by atoms with E-state index in [0.717, 1.165) is 23.0 Å². The SMILES string of the molecule is CCc1cc(CC)n(C(CN)c2ccc(Br)cc2)n1. The fourth-order valence-electron chi connectivity index (χ4n) is 2.26. The molecule has 1 atom stereocenters. The Bertz CT molecular complexity index is 531. The number of benzene rings is 1. The van der Waals surface area contributed by atoms with Crippen molar-refractivity contribution in [2.24, 2.45) is 5.73 Å². The van der Waals surface area contributed by atoms with Gasteiger partial charge >= 0.3 is 0 Å². The lowest BCUT2D eigenvalue weighted by molar-refractivity contribution is 0.508. The first-order chi connectivity index (χ1) is 9.19. The maximum absolute atomic E-state index is 5.98. The molecule has 2 N–H and O–H groups in total. The molecule has 2 rings (SSSR count). The molecule has 0 bridgehead atoms. The number of aryl methyl sites for hydroxylation is 2. The van der Waals surface area contributed by atoms with E-state index in [0.29, 0.717) is 6.54 Å². The molecule has 4 heteroatoms. The van der Waals surface area contributed by atoms with Gasteiger partial charge in [-0.1, -0.05) is 41.9 Å². The molecular weight excluding hydrogens is 302 g/mol. The van der Waals surface area contributed by atoms with Gasteiger partial charge in [0.05, 0.1) is 11.7 Å². The van der Waals surface area contributed by atoms with Crippen LogP contribution in [0.4, 0.5) is 0 Å². The van der Waals surface area contributed by atoms with Gasteiger partial charge < -0.3 is 5.73 Å². The topological polar surface area (TPSA) is 43.8 Å². The van der Waals surface area contributed by atoms with E-state index in [4.69, 9.17) is 10.8 Å². The van der Waals surface area contributed by atoms with Gasteiger partial charge in [-0.05, 0) is 36.6 Å². The smallest absolute Gasteiger partial charge is 0.0893 e. The molecule has 0 spiro atoms. The van der Waals surface area contributed by atoms with Crippen LogP contribution in [0.2, 0.25) is 0 Å². The molecule has 102 valence electrons. The van der Waals surface area contributed by atoms with Crippen LogP contribution in [-0.4, -0.2) is 16.3 Å². The standard InChI is InChI=1S/C15H20BrN3/c1-3-13-9-14(4-2)19(18-13)15(10-17)11-5-7-12(16)8-6-11/h5-9,15H,3-4,10,17H2,1-2H3. The number of hydrogen-bond acceptors (Lipinski definition) is 2. The highest BCUT2D eigenvalue weighted by Crippen LogP contribution is 2.22. The monoisotopic (exact) mass is 321 g/mol. The van der Waals surface area contributed by atoms with Crippen LogP contribution >= 0.6 is 15.9 Å². The van der Waals surface area contributed by atoms with Gasteiger partial charge in [0.2, 0.25) is 0 Å². The average molecular weight is 322 g/mol. The summed E-state index contributed by atoms with van der Waals surface area (Å²) in [5.74, 6) is 0. The Morgan fingerprint density at radius 1 is 1.21 bits per heavy atom. The van der Waals surface area contributed by atoms with E-state index in [2.05, 4.69) is 52.7 Å². The van der Waals surface area contributed by atoms with Gasteiger partial charge in [-0.3, -0.25) is 4.68 Å². The molecule has 3 nitrogen and oxygen atoms in total. The molecular formula is C15H20BrN3. The number of nitrogens with zero attached hydrogens (tertiary/aromatic N) is 2. The van der Waals surface area contributed by atoms with Crippen molar-refractivity contribution in [1.82, 2.24) is 9.78 Å². The van der Waals surface area contributed by atoms with Gasteiger partial charge in [-0.2, -0.15) is 5.10 Å². The first-order valence-electron chi connectivity index (χ1n) is 6.72. The lowest BCUT2D eigenvalue weighted by atomic mass is 10.1. The maximum Gasteiger partial charge on any atom is 0.0893 e. The Hall–Kier alpha value is -1.13. The second kappa shape index (κ2) is 6.35. The summed E-state index contributed by atoms with van der Waals surface area (Å²) in [4.78, 5) is 0. The van der Waals surface area contributed by atoms with E-state index in [1.165, 1.54) is 11.3 Å². The van der Waals surface area contributed by atoms with E-state index < -0.39 is 0 Å². The zero-order valence-corrected chi connectivity index (χ0v) is 13.0. The second-order valence-electron chi connectivity index (χ2n) is 4.58. The molecule has 0 fully saturated rings. The minimum absolute atomic E-state index is 0.114. The zero-order chi connectivity index (χ0) is 13.8. The number of aromatic nitrogens is 2. The Morgan fingerprint density at radius 3 is 2.42 bits per heavy atom. The summed E-state index contributed by atoms with van der Waals surface area (Å²) in [6.07, 6.45) is 1.93. The predicted molar refractivity (Wildman–Crippen MR) is 82.3 cm³/mol. The first-order valence-corrected chi connectivity index (χ1v) is 7.51. The fourth-order valence-corrected chi connectivity index (χ4v) is 2.52. The van der Waals surface area contributed by atoms with Crippen molar-refractivity contribution in [2.75, 3.05) is 6.54 Å². The minimum Gasteiger partial charge on any atom is -0.328 e. The third-order valence-electron chi connectivity index (χ3n) is 3.36. The Kier molecular flexibility index (Phi) is 4.77. The molecule has 1 unspecified atom stereocenters. The minimum atomic E-state index is 0.114.